The Kier molecular flexibility index (Phi) is 3.82. The molecule has 1 aromatic heterocycles. The summed E-state index contributed by atoms with van der Waals surface area (Å²) >= 11 is 0. The number of fused-ring (bicyclic) bond motifs is 2. The zero-order valence-electron chi connectivity index (χ0n) is 14.3. The average molecular weight is 378 g/mol. The van der Waals surface area contributed by atoms with Crippen LogP contribution in [0.1, 0.15) is 23.9 Å². The summed E-state index contributed by atoms with van der Waals surface area (Å²) in [5.74, 6) is 0.0219. The number of nitriles is 1. The lowest BCUT2D eigenvalue weighted by atomic mass is 10.1. The molecule has 0 fully saturated rings. The number of benzene rings is 2. The predicted octanol–water partition coefficient (Wildman–Crippen LogP) is 2.17. The molecule has 2 heterocycles. The van der Waals surface area contributed by atoms with Crippen LogP contribution in [0.25, 0.3) is 22.2 Å². The Bertz CT molecular complexity index is 1330. The monoisotopic (exact) mass is 378 g/mol. The Hall–Kier alpha value is -3.44. The second-order valence-electron chi connectivity index (χ2n) is 6.08. The summed E-state index contributed by atoms with van der Waals surface area (Å²) < 4.78 is 27.0. The maximum atomic E-state index is 12.5. The highest BCUT2D eigenvalue weighted by Gasteiger charge is 2.32. The summed E-state index contributed by atoms with van der Waals surface area (Å²) in [6.07, 6.45) is 0.781. The van der Waals surface area contributed by atoms with Gasteiger partial charge in [-0.2, -0.15) is 5.26 Å². The number of sulfonamides is 1. The van der Waals surface area contributed by atoms with Crippen LogP contribution in [0.3, 0.4) is 0 Å². The van der Waals surface area contributed by atoms with Gasteiger partial charge in [-0.3, -0.25) is 9.52 Å². The fourth-order valence-electron chi connectivity index (χ4n) is 3.09. The number of nitrogens with zero attached hydrogens (tertiary/aromatic N) is 2. The van der Waals surface area contributed by atoms with E-state index < -0.39 is 10.0 Å². The van der Waals surface area contributed by atoms with Gasteiger partial charge in [0.05, 0.1) is 21.5 Å². The summed E-state index contributed by atoms with van der Waals surface area (Å²) in [6, 6.07) is 13.7. The fraction of sp³-hybridized carbons (Fsp3) is 0.105. The van der Waals surface area contributed by atoms with Crippen molar-refractivity contribution in [2.45, 2.75) is 18.2 Å². The number of aromatic amines is 1. The third-order valence-electron chi connectivity index (χ3n) is 4.46. The highest BCUT2D eigenvalue weighted by Crippen LogP contribution is 2.34. The molecule has 1 aliphatic heterocycles. The van der Waals surface area contributed by atoms with Crippen molar-refractivity contribution < 1.29 is 8.42 Å². The predicted molar refractivity (Wildman–Crippen MR) is 101 cm³/mol. The molecule has 0 saturated heterocycles. The van der Waals surface area contributed by atoms with E-state index in [1.165, 1.54) is 6.07 Å². The molecule has 3 aromatic rings. The van der Waals surface area contributed by atoms with Crippen LogP contribution < -0.4 is 10.3 Å². The number of nitrogens with one attached hydrogen (secondary N) is 2. The van der Waals surface area contributed by atoms with Gasteiger partial charge in [-0.1, -0.05) is 31.2 Å². The van der Waals surface area contributed by atoms with Gasteiger partial charge in [-0.05, 0) is 30.2 Å². The normalized spacial score (nSPS) is 16.4. The van der Waals surface area contributed by atoms with Gasteiger partial charge in [0.25, 0.3) is 15.6 Å². The van der Waals surface area contributed by atoms with Crippen molar-refractivity contribution in [2.24, 2.45) is 0 Å². The molecule has 2 aromatic carbocycles. The van der Waals surface area contributed by atoms with Crippen molar-refractivity contribution in [1.82, 2.24) is 14.7 Å². The van der Waals surface area contributed by atoms with Crippen molar-refractivity contribution in [1.29, 1.82) is 5.26 Å². The first-order valence-corrected chi connectivity index (χ1v) is 9.73. The minimum Gasteiger partial charge on any atom is -0.305 e. The van der Waals surface area contributed by atoms with E-state index in [4.69, 9.17) is 0 Å². The van der Waals surface area contributed by atoms with E-state index >= 15 is 0 Å². The smallest absolute Gasteiger partial charge is 0.262 e. The van der Waals surface area contributed by atoms with Crippen molar-refractivity contribution in [3.05, 3.63) is 69.8 Å². The SMILES string of the molecule is CCc1ccc2nc(C(C#N)=C3NS(=O)(=O)c4ccccc43)[nH]c(=O)c2c1. The van der Waals surface area contributed by atoms with E-state index in [1.54, 1.807) is 30.3 Å². The summed E-state index contributed by atoms with van der Waals surface area (Å²) in [6.45, 7) is 1.99. The quantitative estimate of drug-likeness (QED) is 0.663. The second-order valence-corrected chi connectivity index (χ2v) is 7.73. The van der Waals surface area contributed by atoms with E-state index in [-0.39, 0.29) is 27.5 Å². The molecule has 0 atom stereocenters. The first-order chi connectivity index (χ1) is 12.9. The lowest BCUT2D eigenvalue weighted by Gasteiger charge is -2.06. The van der Waals surface area contributed by atoms with Gasteiger partial charge in [0.15, 0.2) is 5.82 Å². The Balaban J connectivity index is 1.99. The zero-order chi connectivity index (χ0) is 19.2. The van der Waals surface area contributed by atoms with Gasteiger partial charge in [-0.25, -0.2) is 13.4 Å². The zero-order valence-corrected chi connectivity index (χ0v) is 15.1. The van der Waals surface area contributed by atoms with Crippen molar-refractivity contribution >= 4 is 32.2 Å². The first-order valence-electron chi connectivity index (χ1n) is 8.24. The summed E-state index contributed by atoms with van der Waals surface area (Å²) in [7, 11) is -3.76. The van der Waals surface area contributed by atoms with Crippen LogP contribution in [-0.2, 0) is 16.4 Å². The maximum Gasteiger partial charge on any atom is 0.262 e. The standard InChI is InChI=1S/C19H14N4O3S/c1-2-11-7-8-15-13(9-11)19(24)22-18(21-15)14(10-20)17-12-5-3-4-6-16(12)27(25,26)23-17/h3-9,23H,2H2,1H3,(H,21,22,24). The molecule has 7 nitrogen and oxygen atoms in total. The number of hydrogen-bond donors (Lipinski definition) is 2. The van der Waals surface area contributed by atoms with Gasteiger partial charge in [0.1, 0.15) is 11.6 Å². The Morgan fingerprint density at radius 1 is 1.22 bits per heavy atom. The topological polar surface area (TPSA) is 116 Å². The first kappa shape index (κ1) is 17.0. The van der Waals surface area contributed by atoms with Crippen molar-refractivity contribution in [3.8, 4) is 6.07 Å². The van der Waals surface area contributed by atoms with Crippen LogP contribution in [0.4, 0.5) is 0 Å². The number of rotatable bonds is 2. The lowest BCUT2D eigenvalue weighted by Crippen LogP contribution is -2.16. The molecule has 2 N–H and O–H groups in total. The summed E-state index contributed by atoms with van der Waals surface area (Å²) in [5.41, 5.74) is 1.50. The van der Waals surface area contributed by atoms with Crippen molar-refractivity contribution in [2.75, 3.05) is 0 Å². The molecule has 0 radical (unpaired) electrons. The maximum absolute atomic E-state index is 12.5. The number of allylic oxidation sites excluding steroid dienone is 1. The van der Waals surface area contributed by atoms with Gasteiger partial charge in [0, 0.05) is 5.56 Å². The molecule has 0 aliphatic carbocycles. The van der Waals surface area contributed by atoms with E-state index in [1.807, 2.05) is 19.1 Å². The molecule has 8 heteroatoms. The van der Waals surface area contributed by atoms with Gasteiger partial charge < -0.3 is 4.98 Å². The number of hydrogen-bond acceptors (Lipinski definition) is 5. The molecule has 0 amide bonds. The molecule has 4 rings (SSSR count). The number of aromatic nitrogens is 2. The molecule has 0 unspecified atom stereocenters. The third-order valence-corrected chi connectivity index (χ3v) is 5.87. The van der Waals surface area contributed by atoms with Gasteiger partial charge in [0.2, 0.25) is 0 Å². The third kappa shape index (κ3) is 2.69. The van der Waals surface area contributed by atoms with Crippen LogP contribution >= 0.6 is 0 Å². The summed E-state index contributed by atoms with van der Waals surface area (Å²) in [4.78, 5) is 19.6. The highest BCUT2D eigenvalue weighted by molar-refractivity contribution is 7.90. The second kappa shape index (κ2) is 6.07. The van der Waals surface area contributed by atoms with E-state index in [0.29, 0.717) is 16.5 Å². The molecular formula is C19H14N4O3S. The molecule has 134 valence electrons. The Morgan fingerprint density at radius 3 is 2.74 bits per heavy atom. The van der Waals surface area contributed by atoms with Crippen LogP contribution in [0, 0.1) is 11.3 Å². The largest absolute Gasteiger partial charge is 0.305 e. The van der Waals surface area contributed by atoms with Gasteiger partial charge in [-0.15, -0.1) is 0 Å². The van der Waals surface area contributed by atoms with E-state index in [9.17, 15) is 18.5 Å². The van der Waals surface area contributed by atoms with Crippen LogP contribution in [0.5, 0.6) is 0 Å². The lowest BCUT2D eigenvalue weighted by molar-refractivity contribution is 0.594. The summed E-state index contributed by atoms with van der Waals surface area (Å²) in [5, 5.41) is 10.1. The molecule has 0 bridgehead atoms. The van der Waals surface area contributed by atoms with Crippen LogP contribution in [0.2, 0.25) is 0 Å². The Labute approximate surface area is 155 Å². The van der Waals surface area contributed by atoms with Crippen molar-refractivity contribution in [3.63, 3.8) is 0 Å². The van der Waals surface area contributed by atoms with E-state index in [2.05, 4.69) is 14.7 Å². The molecule has 0 spiro atoms. The molecule has 0 saturated carbocycles. The highest BCUT2D eigenvalue weighted by atomic mass is 32.2. The van der Waals surface area contributed by atoms with Crippen LogP contribution in [-0.4, -0.2) is 18.4 Å². The van der Waals surface area contributed by atoms with Crippen LogP contribution in [0.15, 0.2) is 52.2 Å². The minimum absolute atomic E-state index is 0.0219. The molecule has 1 aliphatic rings. The molecule has 27 heavy (non-hydrogen) atoms. The minimum atomic E-state index is -3.76. The molecular weight excluding hydrogens is 364 g/mol. The number of H-pyrrole nitrogens is 1. The van der Waals surface area contributed by atoms with Gasteiger partial charge >= 0.3 is 0 Å². The van der Waals surface area contributed by atoms with E-state index in [0.717, 1.165) is 12.0 Å². The average Bonchev–Trinajstić information content (AvgIpc) is 2.94. The Morgan fingerprint density at radius 2 is 2.00 bits per heavy atom. The fourth-order valence-corrected chi connectivity index (χ4v) is 4.40. The number of aryl methyl sites for hydroxylation is 1.